The molecule has 0 unspecified atom stereocenters. The Labute approximate surface area is 232 Å². The van der Waals surface area contributed by atoms with E-state index in [0.29, 0.717) is 30.9 Å². The Balaban J connectivity index is 1.18. The molecule has 0 N–H and O–H groups in total. The number of aromatic nitrogens is 1. The van der Waals surface area contributed by atoms with Crippen LogP contribution < -0.4 is 14.4 Å². The Morgan fingerprint density at radius 3 is 2.67 bits per heavy atom. The highest BCUT2D eigenvalue weighted by Crippen LogP contribution is 2.36. The second-order valence-electron chi connectivity index (χ2n) is 10.4. The lowest BCUT2D eigenvalue weighted by Gasteiger charge is -2.20. The molecule has 0 spiro atoms. The molecule has 2 aliphatic rings. The first-order chi connectivity index (χ1) is 18.9. The van der Waals surface area contributed by atoms with Crippen molar-refractivity contribution in [3.05, 3.63) is 92.8 Å². The van der Waals surface area contributed by atoms with Gasteiger partial charge in [-0.25, -0.2) is 4.98 Å². The molecule has 6 rings (SSSR count). The second-order valence-corrected chi connectivity index (χ2v) is 11.7. The number of fused-ring (bicyclic) bond motifs is 2. The summed E-state index contributed by atoms with van der Waals surface area (Å²) in [6, 6.07) is 19.8. The number of rotatable bonds is 7. The highest BCUT2D eigenvalue weighted by atomic mass is 32.1. The quantitative estimate of drug-likeness (QED) is 0.268. The Kier molecular flexibility index (Phi) is 6.69. The number of ether oxygens (including phenoxy) is 2. The van der Waals surface area contributed by atoms with Gasteiger partial charge in [0, 0.05) is 34.7 Å². The molecule has 39 heavy (non-hydrogen) atoms. The number of Topliss-reactive ketones (excluding diaryl/α,β-unsaturated/α-hetero) is 1. The van der Waals surface area contributed by atoms with E-state index in [2.05, 4.69) is 19.9 Å². The molecule has 2 aliphatic heterocycles. The van der Waals surface area contributed by atoms with Gasteiger partial charge in [-0.2, -0.15) is 0 Å². The summed E-state index contributed by atoms with van der Waals surface area (Å²) >= 11 is 1.57. The zero-order valence-electron chi connectivity index (χ0n) is 22.3. The number of carbonyl (C=O) groups excluding carboxylic acids is 2. The van der Waals surface area contributed by atoms with E-state index >= 15 is 0 Å². The molecule has 1 amide bonds. The van der Waals surface area contributed by atoms with Gasteiger partial charge in [-0.05, 0) is 66.3 Å². The highest BCUT2D eigenvalue weighted by Gasteiger charge is 2.28. The molecule has 3 heterocycles. The van der Waals surface area contributed by atoms with Crippen molar-refractivity contribution in [2.75, 3.05) is 18.2 Å². The van der Waals surface area contributed by atoms with Crippen molar-refractivity contribution in [1.82, 2.24) is 4.98 Å². The molecule has 0 bridgehead atoms. The molecule has 0 saturated heterocycles. The van der Waals surface area contributed by atoms with Crippen molar-refractivity contribution in [3.8, 4) is 22.8 Å². The SMILES string of the molecule is Cc1sc(CC(=O)Cc2ccc3c(c2)OCO3)nc1-c1ccc2c(c1)CCN2C(=O)c1ccccc1C(C)C. The molecule has 3 aromatic carbocycles. The van der Waals surface area contributed by atoms with E-state index in [1.54, 1.807) is 11.3 Å². The minimum absolute atomic E-state index is 0.0545. The predicted octanol–water partition coefficient (Wildman–Crippen LogP) is 6.53. The number of ketones is 1. The lowest BCUT2D eigenvalue weighted by molar-refractivity contribution is -0.117. The van der Waals surface area contributed by atoms with Crippen LogP contribution in [0, 0.1) is 6.92 Å². The van der Waals surface area contributed by atoms with Gasteiger partial charge in [-0.15, -0.1) is 11.3 Å². The van der Waals surface area contributed by atoms with Crippen LogP contribution in [0.3, 0.4) is 0 Å². The van der Waals surface area contributed by atoms with Crippen LogP contribution >= 0.6 is 11.3 Å². The van der Waals surface area contributed by atoms with Crippen LogP contribution in [0.1, 0.15) is 56.7 Å². The van der Waals surface area contributed by atoms with E-state index < -0.39 is 0 Å². The van der Waals surface area contributed by atoms with Crippen LogP contribution in [-0.4, -0.2) is 30.0 Å². The van der Waals surface area contributed by atoms with E-state index in [-0.39, 0.29) is 24.4 Å². The molecule has 7 heteroatoms. The second kappa shape index (κ2) is 10.3. The third-order valence-corrected chi connectivity index (χ3v) is 8.31. The Bertz CT molecular complexity index is 1590. The largest absolute Gasteiger partial charge is 0.454 e. The molecule has 0 radical (unpaired) electrons. The number of anilines is 1. The highest BCUT2D eigenvalue weighted by molar-refractivity contribution is 7.12. The lowest BCUT2D eigenvalue weighted by atomic mass is 9.96. The van der Waals surface area contributed by atoms with Crippen molar-refractivity contribution in [2.45, 2.75) is 46.0 Å². The molecule has 6 nitrogen and oxygen atoms in total. The van der Waals surface area contributed by atoms with Crippen LogP contribution in [0.5, 0.6) is 11.5 Å². The number of hydrogen-bond donors (Lipinski definition) is 0. The molecule has 0 aliphatic carbocycles. The van der Waals surface area contributed by atoms with Crippen molar-refractivity contribution in [2.24, 2.45) is 0 Å². The lowest BCUT2D eigenvalue weighted by Crippen LogP contribution is -2.29. The maximum absolute atomic E-state index is 13.5. The number of aryl methyl sites for hydroxylation is 1. The van der Waals surface area contributed by atoms with Gasteiger partial charge in [0.05, 0.1) is 12.1 Å². The smallest absolute Gasteiger partial charge is 0.258 e. The summed E-state index contributed by atoms with van der Waals surface area (Å²) in [6.07, 6.45) is 1.43. The molecule has 1 aromatic heterocycles. The van der Waals surface area contributed by atoms with E-state index in [9.17, 15) is 9.59 Å². The standard InChI is InChI=1S/C32H30N2O4S/c1-19(2)25-6-4-5-7-26(25)32(36)34-13-12-22-16-23(9-10-27(22)34)31-20(3)39-30(33-31)17-24(35)14-21-8-11-28-29(15-21)38-18-37-28/h4-11,15-16,19H,12-14,17-18H2,1-3H3. The zero-order chi connectivity index (χ0) is 27.1. The minimum Gasteiger partial charge on any atom is -0.454 e. The molecule has 198 valence electrons. The fourth-order valence-electron chi connectivity index (χ4n) is 5.41. The average molecular weight is 539 g/mol. The molecular weight excluding hydrogens is 508 g/mol. The van der Waals surface area contributed by atoms with Crippen molar-refractivity contribution in [3.63, 3.8) is 0 Å². The number of benzene rings is 3. The predicted molar refractivity (Wildman–Crippen MR) is 153 cm³/mol. The van der Waals surface area contributed by atoms with Gasteiger partial charge >= 0.3 is 0 Å². The van der Waals surface area contributed by atoms with Crippen molar-refractivity contribution < 1.29 is 19.1 Å². The average Bonchev–Trinajstić information content (AvgIpc) is 3.65. The number of thiazole rings is 1. The van der Waals surface area contributed by atoms with E-state index in [1.165, 1.54) is 0 Å². The van der Waals surface area contributed by atoms with Gasteiger partial charge in [0.2, 0.25) is 6.79 Å². The maximum atomic E-state index is 13.5. The van der Waals surface area contributed by atoms with Gasteiger partial charge in [0.1, 0.15) is 10.8 Å². The first kappa shape index (κ1) is 25.3. The topological polar surface area (TPSA) is 68.7 Å². The van der Waals surface area contributed by atoms with Gasteiger partial charge in [0.25, 0.3) is 5.91 Å². The van der Waals surface area contributed by atoms with Gasteiger partial charge in [0.15, 0.2) is 11.5 Å². The maximum Gasteiger partial charge on any atom is 0.258 e. The molecular formula is C32H30N2O4S. The van der Waals surface area contributed by atoms with Crippen LogP contribution in [0.4, 0.5) is 5.69 Å². The number of hydrogen-bond acceptors (Lipinski definition) is 6. The molecule has 0 saturated carbocycles. The zero-order valence-corrected chi connectivity index (χ0v) is 23.1. The summed E-state index contributed by atoms with van der Waals surface area (Å²) < 4.78 is 10.8. The third kappa shape index (κ3) is 4.94. The fourth-order valence-corrected chi connectivity index (χ4v) is 6.39. The summed E-state index contributed by atoms with van der Waals surface area (Å²) in [4.78, 5) is 34.2. The summed E-state index contributed by atoms with van der Waals surface area (Å²) in [5.41, 5.74) is 6.80. The molecule has 0 fully saturated rings. The number of amides is 1. The Morgan fingerprint density at radius 1 is 1.00 bits per heavy atom. The minimum atomic E-state index is 0.0545. The van der Waals surface area contributed by atoms with E-state index in [4.69, 9.17) is 14.5 Å². The van der Waals surface area contributed by atoms with E-state index in [1.807, 2.05) is 66.4 Å². The Hall–Kier alpha value is -3.97. The summed E-state index contributed by atoms with van der Waals surface area (Å²) in [5.74, 6) is 1.85. The summed E-state index contributed by atoms with van der Waals surface area (Å²) in [5, 5.41) is 0.816. The van der Waals surface area contributed by atoms with Crippen molar-refractivity contribution >= 4 is 28.7 Å². The first-order valence-electron chi connectivity index (χ1n) is 13.3. The van der Waals surface area contributed by atoms with Crippen LogP contribution in [0.2, 0.25) is 0 Å². The van der Waals surface area contributed by atoms with Crippen LogP contribution in [-0.2, 0) is 24.1 Å². The van der Waals surface area contributed by atoms with E-state index in [0.717, 1.165) is 55.5 Å². The fraction of sp³-hybridized carbons (Fsp3) is 0.281. The summed E-state index contributed by atoms with van der Waals surface area (Å²) in [6.45, 7) is 7.17. The molecule has 0 atom stereocenters. The first-order valence-corrected chi connectivity index (χ1v) is 14.1. The summed E-state index contributed by atoms with van der Waals surface area (Å²) in [7, 11) is 0. The van der Waals surface area contributed by atoms with Crippen LogP contribution in [0.15, 0.2) is 60.7 Å². The monoisotopic (exact) mass is 538 g/mol. The Morgan fingerprint density at radius 2 is 1.82 bits per heavy atom. The van der Waals surface area contributed by atoms with Crippen LogP contribution in [0.25, 0.3) is 11.3 Å². The number of carbonyl (C=O) groups is 2. The molecule has 4 aromatic rings. The number of nitrogens with zero attached hydrogens (tertiary/aromatic N) is 2. The normalized spacial score (nSPS) is 13.7. The van der Waals surface area contributed by atoms with Gasteiger partial charge in [-0.1, -0.05) is 44.2 Å². The van der Waals surface area contributed by atoms with Crippen molar-refractivity contribution in [1.29, 1.82) is 0 Å². The third-order valence-electron chi connectivity index (χ3n) is 7.33. The van der Waals surface area contributed by atoms with Gasteiger partial charge in [-0.3, -0.25) is 9.59 Å². The van der Waals surface area contributed by atoms with Gasteiger partial charge < -0.3 is 14.4 Å².